The number of methoxy groups -OCH3 is 1. The van der Waals surface area contributed by atoms with Crippen molar-refractivity contribution < 1.29 is 23.8 Å². The predicted octanol–water partition coefficient (Wildman–Crippen LogP) is 2.70. The summed E-state index contributed by atoms with van der Waals surface area (Å²) in [5, 5.41) is 10.9. The van der Waals surface area contributed by atoms with E-state index in [0.29, 0.717) is 17.1 Å². The number of benzene rings is 1. The highest BCUT2D eigenvalue weighted by Gasteiger charge is 2.49. The minimum Gasteiger partial charge on any atom is -0.507 e. The highest BCUT2D eigenvalue weighted by atomic mass is 16.5. The predicted molar refractivity (Wildman–Crippen MR) is 98.5 cm³/mol. The van der Waals surface area contributed by atoms with E-state index in [4.69, 9.17) is 9.15 Å². The van der Waals surface area contributed by atoms with Gasteiger partial charge in [0.25, 0.3) is 5.78 Å². The molecular formula is C20H15N3O5. The molecule has 0 bridgehead atoms. The van der Waals surface area contributed by atoms with Crippen LogP contribution in [-0.2, 0) is 9.59 Å². The number of nitrogens with zero attached hydrogens (tertiary/aromatic N) is 3. The molecule has 3 heterocycles. The number of carbonyl (C=O) groups excluding carboxylic acids is 2. The van der Waals surface area contributed by atoms with E-state index in [0.717, 1.165) is 4.90 Å². The van der Waals surface area contributed by atoms with E-state index in [2.05, 4.69) is 9.97 Å². The minimum atomic E-state index is -0.987. The molecule has 3 aromatic rings. The van der Waals surface area contributed by atoms with Crippen LogP contribution in [0.4, 0.5) is 5.95 Å². The third-order valence-electron chi connectivity index (χ3n) is 4.39. The maximum Gasteiger partial charge on any atom is 0.302 e. The van der Waals surface area contributed by atoms with E-state index >= 15 is 0 Å². The van der Waals surface area contributed by atoms with E-state index in [-0.39, 0.29) is 17.3 Å². The molecule has 1 N–H and O–H groups in total. The zero-order valence-electron chi connectivity index (χ0n) is 14.8. The van der Waals surface area contributed by atoms with Gasteiger partial charge in [-0.2, -0.15) is 0 Å². The Balaban J connectivity index is 1.89. The normalized spacial score (nSPS) is 18.5. The second-order valence-corrected chi connectivity index (χ2v) is 5.96. The average molecular weight is 377 g/mol. The Morgan fingerprint density at radius 1 is 1.11 bits per heavy atom. The van der Waals surface area contributed by atoms with E-state index < -0.39 is 17.7 Å². The largest absolute Gasteiger partial charge is 0.507 e. The van der Waals surface area contributed by atoms with Crippen LogP contribution in [0.1, 0.15) is 17.4 Å². The molecule has 8 heteroatoms. The lowest BCUT2D eigenvalue weighted by Gasteiger charge is -2.21. The summed E-state index contributed by atoms with van der Waals surface area (Å²) in [6.07, 6.45) is 4.35. The molecule has 1 aliphatic rings. The van der Waals surface area contributed by atoms with Gasteiger partial charge in [-0.3, -0.25) is 14.5 Å². The van der Waals surface area contributed by atoms with Gasteiger partial charge in [0, 0.05) is 18.0 Å². The van der Waals surface area contributed by atoms with Gasteiger partial charge in [-0.05, 0) is 42.5 Å². The molecule has 140 valence electrons. The lowest BCUT2D eigenvalue weighted by Crippen LogP contribution is -2.30. The van der Waals surface area contributed by atoms with E-state index in [1.807, 2.05) is 0 Å². The monoisotopic (exact) mass is 377 g/mol. The van der Waals surface area contributed by atoms with Crippen LogP contribution in [0.25, 0.3) is 5.76 Å². The highest BCUT2D eigenvalue weighted by Crippen LogP contribution is 2.41. The first-order valence-electron chi connectivity index (χ1n) is 8.37. The first-order valence-corrected chi connectivity index (χ1v) is 8.37. The van der Waals surface area contributed by atoms with Gasteiger partial charge >= 0.3 is 5.91 Å². The Kier molecular flexibility index (Phi) is 4.36. The zero-order valence-corrected chi connectivity index (χ0v) is 14.8. The quantitative estimate of drug-likeness (QED) is 0.423. The van der Waals surface area contributed by atoms with Crippen molar-refractivity contribution in [1.29, 1.82) is 0 Å². The van der Waals surface area contributed by atoms with Crippen molar-refractivity contribution in [3.63, 3.8) is 0 Å². The van der Waals surface area contributed by atoms with Crippen molar-refractivity contribution in [3.8, 4) is 5.75 Å². The summed E-state index contributed by atoms with van der Waals surface area (Å²) in [5.41, 5.74) is 0.266. The molecule has 1 amide bonds. The maximum absolute atomic E-state index is 12.8. The molecule has 1 aromatic carbocycles. The standard InChI is InChI=1S/C20H15N3O5/c1-27-13-7-5-12(6-8-13)17(24)15-16(14-4-2-11-28-14)23(19(26)18(15)25)20-21-9-3-10-22-20/h2-11,16,24H,1H3/b17-15-. The Hall–Kier alpha value is -3.94. The first-order chi connectivity index (χ1) is 13.6. The Morgan fingerprint density at radius 2 is 1.82 bits per heavy atom. The molecule has 1 atom stereocenters. The zero-order chi connectivity index (χ0) is 19.7. The number of carbonyl (C=O) groups is 2. The van der Waals surface area contributed by atoms with Gasteiger partial charge in [0.15, 0.2) is 0 Å². The Bertz CT molecular complexity index is 1040. The van der Waals surface area contributed by atoms with Crippen molar-refractivity contribution in [2.75, 3.05) is 12.0 Å². The lowest BCUT2D eigenvalue weighted by molar-refractivity contribution is -0.132. The summed E-state index contributed by atoms with van der Waals surface area (Å²) in [4.78, 5) is 34.8. The molecule has 4 rings (SSSR count). The smallest absolute Gasteiger partial charge is 0.302 e. The summed E-state index contributed by atoms with van der Waals surface area (Å²) in [7, 11) is 1.52. The molecular weight excluding hydrogens is 362 g/mol. The van der Waals surface area contributed by atoms with Gasteiger partial charge in [0.2, 0.25) is 5.95 Å². The van der Waals surface area contributed by atoms with Gasteiger partial charge in [0.05, 0.1) is 18.9 Å². The van der Waals surface area contributed by atoms with Crippen LogP contribution in [0.5, 0.6) is 5.75 Å². The number of aliphatic hydroxyl groups is 1. The van der Waals surface area contributed by atoms with E-state index in [1.165, 1.54) is 25.8 Å². The number of rotatable bonds is 4. The van der Waals surface area contributed by atoms with Crippen LogP contribution in [0.15, 0.2) is 71.1 Å². The number of aliphatic hydroxyl groups excluding tert-OH is 1. The molecule has 2 aromatic heterocycles. The van der Waals surface area contributed by atoms with Crippen molar-refractivity contribution in [2.45, 2.75) is 6.04 Å². The topological polar surface area (TPSA) is 106 Å². The fourth-order valence-corrected chi connectivity index (χ4v) is 3.07. The molecule has 0 aliphatic carbocycles. The van der Waals surface area contributed by atoms with E-state index in [1.54, 1.807) is 42.5 Å². The van der Waals surface area contributed by atoms with Crippen molar-refractivity contribution in [1.82, 2.24) is 9.97 Å². The molecule has 0 saturated carbocycles. The first kappa shape index (κ1) is 17.5. The molecule has 8 nitrogen and oxygen atoms in total. The van der Waals surface area contributed by atoms with Crippen LogP contribution < -0.4 is 9.64 Å². The number of aromatic nitrogens is 2. The van der Waals surface area contributed by atoms with Gasteiger partial charge in [0.1, 0.15) is 23.3 Å². The summed E-state index contributed by atoms with van der Waals surface area (Å²) in [6, 6.07) is 10.3. The lowest BCUT2D eigenvalue weighted by atomic mass is 9.99. The average Bonchev–Trinajstić information content (AvgIpc) is 3.35. The minimum absolute atomic E-state index is 0.0415. The fraction of sp³-hybridized carbons (Fsp3) is 0.100. The summed E-state index contributed by atoms with van der Waals surface area (Å²) in [5.74, 6) is -1.07. The fourth-order valence-electron chi connectivity index (χ4n) is 3.07. The summed E-state index contributed by atoms with van der Waals surface area (Å²) in [6.45, 7) is 0. The Labute approximate surface area is 159 Å². The number of anilines is 1. The molecule has 28 heavy (non-hydrogen) atoms. The van der Waals surface area contributed by atoms with Crippen LogP contribution in [0, 0.1) is 0 Å². The maximum atomic E-state index is 12.8. The van der Waals surface area contributed by atoms with Crippen LogP contribution in [0.3, 0.4) is 0 Å². The molecule has 1 saturated heterocycles. The number of hydrogen-bond donors (Lipinski definition) is 1. The van der Waals surface area contributed by atoms with Gasteiger partial charge in [-0.15, -0.1) is 0 Å². The number of ketones is 1. The SMILES string of the molecule is COc1ccc(/C(O)=C2/C(=O)C(=O)N(c3ncccn3)C2c2ccco2)cc1. The van der Waals surface area contributed by atoms with Gasteiger partial charge in [-0.1, -0.05) is 0 Å². The van der Waals surface area contributed by atoms with Crippen molar-refractivity contribution in [2.24, 2.45) is 0 Å². The third kappa shape index (κ3) is 2.81. The summed E-state index contributed by atoms with van der Waals surface area (Å²) >= 11 is 0. The van der Waals surface area contributed by atoms with Crippen LogP contribution >= 0.6 is 0 Å². The molecule has 1 unspecified atom stereocenters. The summed E-state index contributed by atoms with van der Waals surface area (Å²) < 4.78 is 10.6. The molecule has 1 aliphatic heterocycles. The number of amides is 1. The van der Waals surface area contributed by atoms with Crippen molar-refractivity contribution in [3.05, 3.63) is 78.0 Å². The number of hydrogen-bond acceptors (Lipinski definition) is 7. The second kappa shape index (κ2) is 6.99. The number of furan rings is 1. The third-order valence-corrected chi connectivity index (χ3v) is 4.39. The highest BCUT2D eigenvalue weighted by molar-refractivity contribution is 6.51. The molecule has 1 fully saturated rings. The number of Topliss-reactive ketones (excluding diaryl/α,β-unsaturated/α-hetero) is 1. The van der Waals surface area contributed by atoms with Crippen LogP contribution in [0.2, 0.25) is 0 Å². The molecule has 0 spiro atoms. The van der Waals surface area contributed by atoms with Gasteiger partial charge < -0.3 is 14.3 Å². The van der Waals surface area contributed by atoms with Crippen molar-refractivity contribution >= 4 is 23.4 Å². The van der Waals surface area contributed by atoms with Crippen LogP contribution in [-0.4, -0.2) is 33.9 Å². The molecule has 0 radical (unpaired) electrons. The second-order valence-electron chi connectivity index (χ2n) is 5.96. The van der Waals surface area contributed by atoms with E-state index in [9.17, 15) is 14.7 Å². The van der Waals surface area contributed by atoms with Gasteiger partial charge in [-0.25, -0.2) is 9.97 Å². The Morgan fingerprint density at radius 3 is 2.43 bits per heavy atom. The number of ether oxygens (including phenoxy) is 1.